The first-order valence-electron chi connectivity index (χ1n) is 4.64. The topological polar surface area (TPSA) is 36.9 Å². The van der Waals surface area contributed by atoms with Crippen molar-refractivity contribution in [3.05, 3.63) is 51.4 Å². The molecule has 0 atom stereocenters. The summed E-state index contributed by atoms with van der Waals surface area (Å²) < 4.78 is 21.1. The lowest BCUT2D eigenvalue weighted by Crippen LogP contribution is -2.54. The molecule has 4 nitrogen and oxygen atoms in total. The zero-order valence-electron chi connectivity index (χ0n) is 9.77. The summed E-state index contributed by atoms with van der Waals surface area (Å²) in [5.41, 5.74) is 0. The standard InChI is InChI=1S/C12H18O4/c1-7-13-11(5,14-8-2)12(6,15-9-3)16-10-4/h7-10H,1-4H2,5-6H3. The van der Waals surface area contributed by atoms with Gasteiger partial charge in [-0.05, 0) is 0 Å². The molecular weight excluding hydrogens is 208 g/mol. The normalized spacial score (nSPS) is 10.9. The Hall–Kier alpha value is -1.84. The predicted octanol–water partition coefficient (Wildman–Crippen LogP) is 3.06. The molecule has 0 fully saturated rings. The average molecular weight is 226 g/mol. The number of ether oxygens (including phenoxy) is 4. The minimum absolute atomic E-state index is 1.22. The third-order valence-electron chi connectivity index (χ3n) is 2.06. The van der Waals surface area contributed by atoms with Crippen LogP contribution in [-0.4, -0.2) is 11.6 Å². The molecule has 0 saturated heterocycles. The maximum Gasteiger partial charge on any atom is 0.325 e. The first-order chi connectivity index (χ1) is 7.49. The summed E-state index contributed by atoms with van der Waals surface area (Å²) in [5, 5.41) is 0. The van der Waals surface area contributed by atoms with E-state index in [0.29, 0.717) is 0 Å². The Morgan fingerprint density at radius 2 is 0.812 bits per heavy atom. The van der Waals surface area contributed by atoms with Crippen LogP contribution in [0.25, 0.3) is 0 Å². The molecule has 4 heteroatoms. The van der Waals surface area contributed by atoms with Crippen molar-refractivity contribution >= 4 is 0 Å². The van der Waals surface area contributed by atoms with Crippen molar-refractivity contribution in [1.82, 2.24) is 0 Å². The van der Waals surface area contributed by atoms with Crippen molar-refractivity contribution in [2.24, 2.45) is 0 Å². The van der Waals surface area contributed by atoms with E-state index in [2.05, 4.69) is 26.3 Å². The van der Waals surface area contributed by atoms with E-state index in [4.69, 9.17) is 18.9 Å². The van der Waals surface area contributed by atoms with E-state index in [0.717, 1.165) is 0 Å². The highest BCUT2D eigenvalue weighted by Gasteiger charge is 2.52. The third-order valence-corrected chi connectivity index (χ3v) is 2.06. The lowest BCUT2D eigenvalue weighted by molar-refractivity contribution is -0.343. The molecule has 90 valence electrons. The maximum absolute atomic E-state index is 5.26. The Kier molecular flexibility index (Phi) is 5.22. The van der Waals surface area contributed by atoms with Gasteiger partial charge in [-0.1, -0.05) is 26.3 Å². The molecule has 0 aliphatic heterocycles. The van der Waals surface area contributed by atoms with Crippen LogP contribution in [-0.2, 0) is 18.9 Å². The van der Waals surface area contributed by atoms with E-state index < -0.39 is 11.6 Å². The summed E-state index contributed by atoms with van der Waals surface area (Å²) in [5.74, 6) is -2.53. The summed E-state index contributed by atoms with van der Waals surface area (Å²) in [6.45, 7) is 17.1. The Labute approximate surface area is 96.4 Å². The second kappa shape index (κ2) is 5.90. The second-order valence-electron chi connectivity index (χ2n) is 3.03. The van der Waals surface area contributed by atoms with Crippen LogP contribution < -0.4 is 0 Å². The first-order valence-corrected chi connectivity index (χ1v) is 4.64. The van der Waals surface area contributed by atoms with Gasteiger partial charge in [0.15, 0.2) is 0 Å². The van der Waals surface area contributed by atoms with Crippen molar-refractivity contribution in [3.8, 4) is 0 Å². The smallest absolute Gasteiger partial charge is 0.325 e. The van der Waals surface area contributed by atoms with Crippen LogP contribution in [0.4, 0.5) is 0 Å². The van der Waals surface area contributed by atoms with Crippen molar-refractivity contribution in [1.29, 1.82) is 0 Å². The average Bonchev–Trinajstić information content (AvgIpc) is 2.19. The Morgan fingerprint density at radius 3 is 0.938 bits per heavy atom. The monoisotopic (exact) mass is 226 g/mol. The molecule has 16 heavy (non-hydrogen) atoms. The molecule has 0 amide bonds. The molecular formula is C12H18O4. The van der Waals surface area contributed by atoms with Gasteiger partial charge in [0.05, 0.1) is 25.0 Å². The molecule has 0 unspecified atom stereocenters. The molecule has 0 N–H and O–H groups in total. The lowest BCUT2D eigenvalue weighted by Gasteiger charge is -2.41. The van der Waals surface area contributed by atoms with Crippen LogP contribution in [0.5, 0.6) is 0 Å². The first kappa shape index (κ1) is 14.2. The van der Waals surface area contributed by atoms with E-state index in [-0.39, 0.29) is 0 Å². The summed E-state index contributed by atoms with van der Waals surface area (Å²) in [4.78, 5) is 0. The van der Waals surface area contributed by atoms with Crippen LogP contribution in [0.3, 0.4) is 0 Å². The van der Waals surface area contributed by atoms with Gasteiger partial charge in [0.1, 0.15) is 0 Å². The van der Waals surface area contributed by atoms with E-state index in [9.17, 15) is 0 Å². The highest BCUT2D eigenvalue weighted by atomic mass is 16.8. The quantitative estimate of drug-likeness (QED) is 0.447. The highest BCUT2D eigenvalue weighted by molar-refractivity contribution is 4.88. The minimum Gasteiger partial charge on any atom is -0.454 e. The number of rotatable bonds is 9. The molecule has 0 radical (unpaired) electrons. The van der Waals surface area contributed by atoms with Crippen LogP contribution >= 0.6 is 0 Å². The molecule has 0 aliphatic rings. The molecule has 0 spiro atoms. The molecule has 0 saturated carbocycles. The van der Waals surface area contributed by atoms with Crippen LogP contribution in [0.1, 0.15) is 13.8 Å². The number of hydrogen-bond donors (Lipinski definition) is 0. The molecule has 0 aromatic rings. The largest absolute Gasteiger partial charge is 0.454 e. The van der Waals surface area contributed by atoms with Gasteiger partial charge in [-0.25, -0.2) is 0 Å². The van der Waals surface area contributed by atoms with Crippen LogP contribution in [0.15, 0.2) is 51.4 Å². The molecule has 0 heterocycles. The molecule has 0 aromatic carbocycles. The van der Waals surface area contributed by atoms with E-state index in [1.54, 1.807) is 13.8 Å². The Bertz CT molecular complexity index is 222. The van der Waals surface area contributed by atoms with Gasteiger partial charge in [0.2, 0.25) is 0 Å². The molecule has 0 rings (SSSR count). The minimum atomic E-state index is -1.27. The lowest BCUT2D eigenvalue weighted by atomic mass is 10.1. The van der Waals surface area contributed by atoms with Crippen LogP contribution in [0, 0.1) is 0 Å². The fourth-order valence-corrected chi connectivity index (χ4v) is 1.12. The van der Waals surface area contributed by atoms with Crippen molar-refractivity contribution in [2.45, 2.75) is 25.4 Å². The maximum atomic E-state index is 5.26. The number of hydrogen-bond acceptors (Lipinski definition) is 4. The predicted molar refractivity (Wildman–Crippen MR) is 61.9 cm³/mol. The zero-order valence-corrected chi connectivity index (χ0v) is 9.77. The Balaban J connectivity index is 5.19. The van der Waals surface area contributed by atoms with E-state index in [1.807, 2.05) is 0 Å². The van der Waals surface area contributed by atoms with Crippen molar-refractivity contribution in [2.75, 3.05) is 0 Å². The highest BCUT2D eigenvalue weighted by Crippen LogP contribution is 2.33. The fourth-order valence-electron chi connectivity index (χ4n) is 1.12. The van der Waals surface area contributed by atoms with Gasteiger partial charge in [-0.15, -0.1) is 0 Å². The summed E-state index contributed by atoms with van der Waals surface area (Å²) in [7, 11) is 0. The van der Waals surface area contributed by atoms with Gasteiger partial charge in [-0.3, -0.25) is 0 Å². The second-order valence-corrected chi connectivity index (χ2v) is 3.03. The van der Waals surface area contributed by atoms with Crippen LogP contribution in [0.2, 0.25) is 0 Å². The third kappa shape index (κ3) is 2.82. The van der Waals surface area contributed by atoms with Gasteiger partial charge in [-0.2, -0.15) is 0 Å². The molecule has 0 aliphatic carbocycles. The van der Waals surface area contributed by atoms with Gasteiger partial charge >= 0.3 is 11.6 Å². The van der Waals surface area contributed by atoms with Gasteiger partial charge < -0.3 is 18.9 Å². The van der Waals surface area contributed by atoms with Crippen molar-refractivity contribution < 1.29 is 18.9 Å². The summed E-state index contributed by atoms with van der Waals surface area (Å²) in [6, 6.07) is 0. The van der Waals surface area contributed by atoms with Gasteiger partial charge in [0.25, 0.3) is 0 Å². The van der Waals surface area contributed by atoms with Crippen molar-refractivity contribution in [3.63, 3.8) is 0 Å². The molecule has 0 aromatic heterocycles. The SMILES string of the molecule is C=COC(C)(OC=C)C(C)(OC=C)OC=C. The fraction of sp³-hybridized carbons (Fsp3) is 0.333. The zero-order chi connectivity index (χ0) is 12.7. The van der Waals surface area contributed by atoms with E-state index >= 15 is 0 Å². The van der Waals surface area contributed by atoms with E-state index in [1.165, 1.54) is 25.0 Å². The van der Waals surface area contributed by atoms with Gasteiger partial charge in [0, 0.05) is 13.8 Å². The molecule has 0 bridgehead atoms. The summed E-state index contributed by atoms with van der Waals surface area (Å²) >= 11 is 0. The Morgan fingerprint density at radius 1 is 0.625 bits per heavy atom. The summed E-state index contributed by atoms with van der Waals surface area (Å²) in [6.07, 6.45) is 4.89.